The summed E-state index contributed by atoms with van der Waals surface area (Å²) >= 11 is 3.26. The van der Waals surface area contributed by atoms with Crippen molar-refractivity contribution in [1.82, 2.24) is 4.98 Å². The van der Waals surface area contributed by atoms with Gasteiger partial charge in [-0.3, -0.25) is 4.98 Å². The van der Waals surface area contributed by atoms with Crippen molar-refractivity contribution >= 4 is 21.5 Å². The van der Waals surface area contributed by atoms with E-state index in [1.807, 2.05) is 12.1 Å². The van der Waals surface area contributed by atoms with Crippen LogP contribution in [0, 0.1) is 0 Å². The van der Waals surface area contributed by atoms with Crippen LogP contribution in [0.15, 0.2) is 42.2 Å². The fraction of sp³-hybridized carbons (Fsp3) is 0. The molecule has 1 rings (SSSR count). The molecule has 0 fully saturated rings. The molecule has 0 spiro atoms. The highest BCUT2D eigenvalue weighted by molar-refractivity contribution is 9.12. The molecule has 2 heteroatoms. The molecular formula is C9H8BrN. The van der Waals surface area contributed by atoms with Gasteiger partial charge >= 0.3 is 0 Å². The largest absolute Gasteiger partial charge is 0.265 e. The van der Waals surface area contributed by atoms with E-state index in [0.717, 1.165) is 15.6 Å². The van der Waals surface area contributed by atoms with Gasteiger partial charge in [-0.2, -0.15) is 0 Å². The van der Waals surface area contributed by atoms with Gasteiger partial charge in [0.05, 0.1) is 0 Å². The first-order chi connectivity index (χ1) is 5.22. The van der Waals surface area contributed by atoms with Gasteiger partial charge in [0.25, 0.3) is 0 Å². The van der Waals surface area contributed by atoms with Crippen molar-refractivity contribution in [3.8, 4) is 0 Å². The highest BCUT2D eigenvalue weighted by atomic mass is 79.9. The van der Waals surface area contributed by atoms with E-state index in [4.69, 9.17) is 0 Å². The number of hydrogen-bond donors (Lipinski definition) is 0. The summed E-state index contributed by atoms with van der Waals surface area (Å²) in [4.78, 5) is 3.90. The van der Waals surface area contributed by atoms with Crippen LogP contribution in [0.4, 0.5) is 0 Å². The number of aromatic nitrogens is 1. The first-order valence-electron chi connectivity index (χ1n) is 3.16. The minimum atomic E-state index is 0.809. The van der Waals surface area contributed by atoms with Crippen molar-refractivity contribution in [2.45, 2.75) is 0 Å². The lowest BCUT2D eigenvalue weighted by Gasteiger charge is -2.01. The van der Waals surface area contributed by atoms with Crippen molar-refractivity contribution in [1.29, 1.82) is 0 Å². The van der Waals surface area contributed by atoms with Crippen LogP contribution in [-0.2, 0) is 0 Å². The predicted octanol–water partition coefficient (Wildman–Crippen LogP) is 3.00. The second-order valence-corrected chi connectivity index (χ2v) is 3.08. The summed E-state index contributed by atoms with van der Waals surface area (Å²) in [5.41, 5.74) is 1.94. The summed E-state index contributed by atoms with van der Waals surface area (Å²) in [7, 11) is 0. The lowest BCUT2D eigenvalue weighted by Crippen LogP contribution is -1.80. The van der Waals surface area contributed by atoms with Crippen LogP contribution in [-0.4, -0.2) is 4.98 Å². The molecule has 0 bridgehead atoms. The Kier molecular flexibility index (Phi) is 2.60. The van der Waals surface area contributed by atoms with E-state index >= 15 is 0 Å². The van der Waals surface area contributed by atoms with E-state index < -0.39 is 0 Å². The fourth-order valence-electron chi connectivity index (χ4n) is 0.710. The molecule has 0 aliphatic heterocycles. The van der Waals surface area contributed by atoms with Crippen molar-refractivity contribution in [3.63, 3.8) is 0 Å². The van der Waals surface area contributed by atoms with Crippen LogP contribution >= 0.6 is 15.9 Å². The van der Waals surface area contributed by atoms with Crippen LogP contribution < -0.4 is 0 Å². The maximum atomic E-state index is 3.90. The van der Waals surface area contributed by atoms with Crippen molar-refractivity contribution in [2.75, 3.05) is 0 Å². The Bertz CT molecular complexity index is 277. The summed E-state index contributed by atoms with van der Waals surface area (Å²) in [5.74, 6) is 0. The molecule has 56 valence electrons. The lowest BCUT2D eigenvalue weighted by atomic mass is 10.1. The smallest absolute Gasteiger partial charge is 0.0273 e. The van der Waals surface area contributed by atoms with Crippen LogP contribution in [0.25, 0.3) is 5.57 Å². The average molecular weight is 210 g/mol. The van der Waals surface area contributed by atoms with Gasteiger partial charge in [0, 0.05) is 16.9 Å². The predicted molar refractivity (Wildman–Crippen MR) is 51.3 cm³/mol. The van der Waals surface area contributed by atoms with Crippen LogP contribution in [0.3, 0.4) is 0 Å². The molecule has 11 heavy (non-hydrogen) atoms. The first-order valence-corrected chi connectivity index (χ1v) is 3.95. The minimum absolute atomic E-state index is 0.809. The maximum absolute atomic E-state index is 3.90. The summed E-state index contributed by atoms with van der Waals surface area (Å²) in [6.45, 7) is 7.58. The first kappa shape index (κ1) is 8.21. The van der Waals surface area contributed by atoms with Gasteiger partial charge in [0.1, 0.15) is 0 Å². The SMILES string of the molecule is C=C(Br)C(=C)c1ccncc1. The standard InChI is InChI=1S/C9H8BrN/c1-7(8(2)10)9-3-5-11-6-4-9/h3-6H,1-2H2. The molecule has 1 aromatic rings. The van der Waals surface area contributed by atoms with Gasteiger partial charge in [0.15, 0.2) is 0 Å². The van der Waals surface area contributed by atoms with Crippen molar-refractivity contribution in [3.05, 3.63) is 47.7 Å². The Balaban J connectivity index is 2.95. The number of rotatable bonds is 2. The zero-order valence-electron chi connectivity index (χ0n) is 6.05. The van der Waals surface area contributed by atoms with E-state index in [9.17, 15) is 0 Å². The van der Waals surface area contributed by atoms with E-state index in [1.54, 1.807) is 12.4 Å². The van der Waals surface area contributed by atoms with E-state index in [0.29, 0.717) is 0 Å². The Morgan fingerprint density at radius 1 is 1.27 bits per heavy atom. The molecule has 0 radical (unpaired) electrons. The van der Waals surface area contributed by atoms with E-state index in [1.165, 1.54) is 0 Å². The van der Waals surface area contributed by atoms with Gasteiger partial charge in [-0.15, -0.1) is 0 Å². The zero-order chi connectivity index (χ0) is 8.27. The Hall–Kier alpha value is -0.890. The van der Waals surface area contributed by atoms with Gasteiger partial charge < -0.3 is 0 Å². The normalized spacial score (nSPS) is 9.18. The number of hydrogen-bond acceptors (Lipinski definition) is 1. The van der Waals surface area contributed by atoms with Crippen molar-refractivity contribution in [2.24, 2.45) is 0 Å². The number of pyridine rings is 1. The third kappa shape index (κ3) is 2.02. The summed E-state index contributed by atoms with van der Waals surface area (Å²) in [5, 5.41) is 0. The van der Waals surface area contributed by atoms with Gasteiger partial charge in [-0.05, 0) is 23.3 Å². The molecule has 1 nitrogen and oxygen atoms in total. The van der Waals surface area contributed by atoms with E-state index in [2.05, 4.69) is 34.1 Å². The molecule has 0 aliphatic carbocycles. The molecule has 0 amide bonds. The topological polar surface area (TPSA) is 12.9 Å². The highest BCUT2D eigenvalue weighted by Crippen LogP contribution is 2.22. The Labute approximate surface area is 74.6 Å². The Morgan fingerprint density at radius 2 is 1.82 bits per heavy atom. The zero-order valence-corrected chi connectivity index (χ0v) is 7.63. The fourth-order valence-corrected chi connectivity index (χ4v) is 0.939. The third-order valence-corrected chi connectivity index (χ3v) is 1.83. The van der Waals surface area contributed by atoms with Gasteiger partial charge in [-0.25, -0.2) is 0 Å². The molecule has 0 atom stereocenters. The molecule has 0 aromatic carbocycles. The minimum Gasteiger partial charge on any atom is -0.265 e. The van der Waals surface area contributed by atoms with Crippen LogP contribution in [0.5, 0.6) is 0 Å². The maximum Gasteiger partial charge on any atom is 0.0273 e. The van der Waals surface area contributed by atoms with Crippen molar-refractivity contribution < 1.29 is 0 Å². The second-order valence-electron chi connectivity index (χ2n) is 2.12. The molecular weight excluding hydrogens is 202 g/mol. The summed E-state index contributed by atoms with van der Waals surface area (Å²) in [6, 6.07) is 3.80. The molecule has 1 aromatic heterocycles. The monoisotopic (exact) mass is 209 g/mol. The molecule has 0 saturated carbocycles. The molecule has 0 aliphatic rings. The lowest BCUT2D eigenvalue weighted by molar-refractivity contribution is 1.32. The molecule has 0 saturated heterocycles. The van der Waals surface area contributed by atoms with Gasteiger partial charge in [-0.1, -0.05) is 29.1 Å². The molecule has 0 unspecified atom stereocenters. The highest BCUT2D eigenvalue weighted by Gasteiger charge is 1.97. The Morgan fingerprint density at radius 3 is 2.27 bits per heavy atom. The molecule has 1 heterocycles. The molecule has 0 N–H and O–H groups in total. The average Bonchev–Trinajstić information content (AvgIpc) is 2.05. The summed E-state index contributed by atoms with van der Waals surface area (Å²) in [6.07, 6.45) is 3.47. The second kappa shape index (κ2) is 3.49. The van der Waals surface area contributed by atoms with Crippen LogP contribution in [0.2, 0.25) is 0 Å². The van der Waals surface area contributed by atoms with Gasteiger partial charge in [0.2, 0.25) is 0 Å². The van der Waals surface area contributed by atoms with E-state index in [-0.39, 0.29) is 0 Å². The summed E-state index contributed by atoms with van der Waals surface area (Å²) < 4.78 is 0.809. The number of allylic oxidation sites excluding steroid dienone is 2. The quantitative estimate of drug-likeness (QED) is 0.683. The van der Waals surface area contributed by atoms with Crippen LogP contribution in [0.1, 0.15) is 5.56 Å². The number of halogens is 1. The number of nitrogens with zero attached hydrogens (tertiary/aromatic N) is 1. The third-order valence-electron chi connectivity index (χ3n) is 1.36.